The number of carbonyl (C=O) groups excluding carboxylic acids is 2. The highest BCUT2D eigenvalue weighted by Gasteiger charge is 2.35. The molecule has 36 heavy (non-hydrogen) atoms. The van der Waals surface area contributed by atoms with Gasteiger partial charge in [0.25, 0.3) is 0 Å². The van der Waals surface area contributed by atoms with Crippen LogP contribution in [0.5, 0.6) is 0 Å². The summed E-state index contributed by atoms with van der Waals surface area (Å²) in [6.07, 6.45) is 4.38. The number of pyridine rings is 1. The Morgan fingerprint density at radius 2 is 1.94 bits per heavy atom. The number of likely N-dealkylation sites (tertiary alicyclic amines) is 1. The number of ketones is 1. The summed E-state index contributed by atoms with van der Waals surface area (Å²) < 4.78 is 41.8. The first kappa shape index (κ1) is 24.2. The largest absolute Gasteiger partial charge is 0.365 e. The molecule has 1 amide bonds. The summed E-state index contributed by atoms with van der Waals surface area (Å²) in [5.41, 5.74) is 0.891. The summed E-state index contributed by atoms with van der Waals surface area (Å²) in [5.74, 6) is -3.63. The van der Waals surface area contributed by atoms with Crippen molar-refractivity contribution in [2.45, 2.75) is 57.4 Å². The van der Waals surface area contributed by atoms with Gasteiger partial charge in [-0.15, -0.1) is 0 Å². The third-order valence-electron chi connectivity index (χ3n) is 7.17. The number of nitrogens with zero attached hydrogens (tertiary/aromatic N) is 4. The zero-order valence-corrected chi connectivity index (χ0v) is 19.9. The minimum atomic E-state index is -2.62. The highest BCUT2D eigenvalue weighted by atomic mass is 19.3. The van der Waals surface area contributed by atoms with Crippen molar-refractivity contribution >= 4 is 28.5 Å². The lowest BCUT2D eigenvalue weighted by molar-refractivity contribution is -0.127. The van der Waals surface area contributed by atoms with Crippen LogP contribution in [-0.2, 0) is 11.2 Å². The van der Waals surface area contributed by atoms with Gasteiger partial charge in [-0.05, 0) is 43.7 Å². The van der Waals surface area contributed by atoms with Crippen LogP contribution in [0.15, 0.2) is 24.7 Å². The molecule has 1 saturated carbocycles. The number of amides is 1. The van der Waals surface area contributed by atoms with Gasteiger partial charge in [-0.3, -0.25) is 9.59 Å². The maximum absolute atomic E-state index is 15.0. The van der Waals surface area contributed by atoms with E-state index < -0.39 is 17.7 Å². The second-order valence-electron chi connectivity index (χ2n) is 9.72. The van der Waals surface area contributed by atoms with Gasteiger partial charge in [-0.25, -0.2) is 23.7 Å². The number of H-pyrrole nitrogens is 1. The fourth-order valence-electron chi connectivity index (χ4n) is 5.11. The lowest BCUT2D eigenvalue weighted by Gasteiger charge is -2.28. The SMILES string of the molecule is CC(=O)N1CC[C@@H](Nc2ncnc3[nH]cc(C(=O)c4ccc(CC5CCC(F)(F)CC5)nc4F)c23)C1. The Labute approximate surface area is 205 Å². The van der Waals surface area contributed by atoms with Crippen molar-refractivity contribution in [3.8, 4) is 0 Å². The van der Waals surface area contributed by atoms with Gasteiger partial charge in [-0.2, -0.15) is 4.39 Å². The lowest BCUT2D eigenvalue weighted by atomic mass is 9.84. The lowest BCUT2D eigenvalue weighted by Crippen LogP contribution is -2.29. The van der Waals surface area contributed by atoms with Gasteiger partial charge in [0.2, 0.25) is 17.8 Å². The van der Waals surface area contributed by atoms with Crippen molar-refractivity contribution in [1.82, 2.24) is 24.8 Å². The highest BCUT2D eigenvalue weighted by Crippen LogP contribution is 2.37. The first-order chi connectivity index (χ1) is 17.2. The smallest absolute Gasteiger partial charge is 0.248 e. The van der Waals surface area contributed by atoms with E-state index in [1.807, 2.05) is 0 Å². The second kappa shape index (κ2) is 9.51. The molecule has 2 aliphatic rings. The van der Waals surface area contributed by atoms with Crippen molar-refractivity contribution in [3.05, 3.63) is 47.4 Å². The fourth-order valence-corrected chi connectivity index (χ4v) is 5.11. The minimum Gasteiger partial charge on any atom is -0.365 e. The molecule has 2 fully saturated rings. The third kappa shape index (κ3) is 4.91. The minimum absolute atomic E-state index is 0.00232. The van der Waals surface area contributed by atoms with E-state index in [0.717, 1.165) is 6.42 Å². The molecule has 5 rings (SSSR count). The van der Waals surface area contributed by atoms with Gasteiger partial charge >= 0.3 is 0 Å². The Kier molecular flexibility index (Phi) is 6.40. The number of aromatic amines is 1. The molecule has 0 aromatic carbocycles. The molecular weight excluding hydrogens is 473 g/mol. The van der Waals surface area contributed by atoms with E-state index in [4.69, 9.17) is 0 Å². The number of alkyl halides is 2. The maximum atomic E-state index is 15.0. The first-order valence-electron chi connectivity index (χ1n) is 12.1. The van der Waals surface area contributed by atoms with Crippen molar-refractivity contribution in [1.29, 1.82) is 0 Å². The quantitative estimate of drug-likeness (QED) is 0.390. The molecule has 1 aliphatic carbocycles. The summed E-state index contributed by atoms with van der Waals surface area (Å²) in [6.45, 7) is 2.68. The summed E-state index contributed by atoms with van der Waals surface area (Å²) in [6, 6.07) is 2.94. The molecular formula is C25H27F3N6O2. The summed E-state index contributed by atoms with van der Waals surface area (Å²) in [5, 5.41) is 3.74. The molecule has 190 valence electrons. The van der Waals surface area contributed by atoms with E-state index in [1.165, 1.54) is 25.5 Å². The van der Waals surface area contributed by atoms with Crippen molar-refractivity contribution < 1.29 is 22.8 Å². The number of hydrogen-bond acceptors (Lipinski definition) is 6. The molecule has 0 radical (unpaired) electrons. The maximum Gasteiger partial charge on any atom is 0.248 e. The Morgan fingerprint density at radius 1 is 1.17 bits per heavy atom. The number of nitrogens with one attached hydrogen (secondary N) is 2. The van der Waals surface area contributed by atoms with E-state index >= 15 is 0 Å². The van der Waals surface area contributed by atoms with Crippen LogP contribution in [0.3, 0.4) is 0 Å². The van der Waals surface area contributed by atoms with Crippen LogP contribution in [0.25, 0.3) is 11.0 Å². The van der Waals surface area contributed by atoms with Crippen LogP contribution in [0.4, 0.5) is 19.0 Å². The summed E-state index contributed by atoms with van der Waals surface area (Å²) in [7, 11) is 0. The second-order valence-corrected chi connectivity index (χ2v) is 9.72. The average Bonchev–Trinajstić information content (AvgIpc) is 3.48. The van der Waals surface area contributed by atoms with E-state index in [9.17, 15) is 22.8 Å². The zero-order chi connectivity index (χ0) is 25.4. The zero-order valence-electron chi connectivity index (χ0n) is 19.9. The molecule has 1 atom stereocenters. The molecule has 1 aliphatic heterocycles. The van der Waals surface area contributed by atoms with Crippen LogP contribution >= 0.6 is 0 Å². The number of rotatable bonds is 6. The highest BCUT2D eigenvalue weighted by molar-refractivity contribution is 6.18. The molecule has 4 heterocycles. The fraction of sp³-hybridized carbons (Fsp3) is 0.480. The standard InChI is InChI=1S/C25H27F3N6O2/c1-14(35)34-9-6-17(12-34)33-24-20-19(11-29-23(20)30-13-31-24)21(36)18-3-2-16(32-22(18)26)10-15-4-7-25(27,28)8-5-15/h2-3,11,13,15,17H,4-10,12H2,1H3,(H2,29,30,31,33)/t17-/m1/s1. The predicted molar refractivity (Wildman–Crippen MR) is 126 cm³/mol. The topological polar surface area (TPSA) is 104 Å². The van der Waals surface area contributed by atoms with E-state index in [-0.39, 0.29) is 41.8 Å². The number of hydrogen-bond donors (Lipinski definition) is 2. The average molecular weight is 501 g/mol. The van der Waals surface area contributed by atoms with Gasteiger partial charge < -0.3 is 15.2 Å². The van der Waals surface area contributed by atoms with Crippen molar-refractivity contribution in [3.63, 3.8) is 0 Å². The van der Waals surface area contributed by atoms with Crippen LogP contribution in [0.1, 0.15) is 60.6 Å². The van der Waals surface area contributed by atoms with Gasteiger partial charge in [0, 0.05) is 50.8 Å². The predicted octanol–water partition coefficient (Wildman–Crippen LogP) is 4.12. The third-order valence-corrected chi connectivity index (χ3v) is 7.17. The molecule has 1 saturated heterocycles. The van der Waals surface area contributed by atoms with Crippen LogP contribution in [0, 0.1) is 11.9 Å². The Bertz CT molecular complexity index is 1300. The van der Waals surface area contributed by atoms with E-state index in [2.05, 4.69) is 25.3 Å². The van der Waals surface area contributed by atoms with E-state index in [0.29, 0.717) is 54.9 Å². The van der Waals surface area contributed by atoms with Crippen LogP contribution < -0.4 is 5.32 Å². The Balaban J connectivity index is 1.35. The Hall–Kier alpha value is -3.50. The van der Waals surface area contributed by atoms with Crippen LogP contribution in [-0.4, -0.2) is 61.6 Å². The van der Waals surface area contributed by atoms with E-state index in [1.54, 1.807) is 11.0 Å². The number of fused-ring (bicyclic) bond motifs is 1. The monoisotopic (exact) mass is 500 g/mol. The van der Waals surface area contributed by atoms with Gasteiger partial charge in [-0.1, -0.05) is 0 Å². The van der Waals surface area contributed by atoms with Crippen LogP contribution in [0.2, 0.25) is 0 Å². The van der Waals surface area contributed by atoms with Gasteiger partial charge in [0.1, 0.15) is 17.8 Å². The molecule has 3 aromatic rings. The molecule has 0 spiro atoms. The van der Waals surface area contributed by atoms with Crippen molar-refractivity contribution in [2.75, 3.05) is 18.4 Å². The molecule has 11 heteroatoms. The first-order valence-corrected chi connectivity index (χ1v) is 12.1. The molecule has 8 nitrogen and oxygen atoms in total. The number of carbonyl (C=O) groups is 2. The van der Waals surface area contributed by atoms with Crippen molar-refractivity contribution in [2.24, 2.45) is 5.92 Å². The number of halogens is 3. The summed E-state index contributed by atoms with van der Waals surface area (Å²) >= 11 is 0. The Morgan fingerprint density at radius 3 is 2.64 bits per heavy atom. The summed E-state index contributed by atoms with van der Waals surface area (Å²) in [4.78, 5) is 42.1. The molecule has 3 aromatic heterocycles. The number of anilines is 1. The van der Waals surface area contributed by atoms with Gasteiger partial charge in [0.05, 0.1) is 16.5 Å². The normalized spacial score (nSPS) is 20.1. The molecule has 2 N–H and O–H groups in total. The van der Waals surface area contributed by atoms with Gasteiger partial charge in [0.15, 0.2) is 5.78 Å². The number of aromatic nitrogens is 4. The molecule has 0 unspecified atom stereocenters. The molecule has 0 bridgehead atoms.